The lowest BCUT2D eigenvalue weighted by molar-refractivity contribution is -0.141. The number of hydrogen-bond acceptors (Lipinski definition) is 6. The van der Waals surface area contributed by atoms with Crippen LogP contribution in [0.15, 0.2) is 30.5 Å². The first kappa shape index (κ1) is 17.4. The van der Waals surface area contributed by atoms with E-state index in [2.05, 4.69) is 37.3 Å². The van der Waals surface area contributed by atoms with Gasteiger partial charge in [-0.1, -0.05) is 6.07 Å². The Morgan fingerprint density at radius 2 is 1.80 bits per heavy atom. The molecule has 3 rings (SSSR count). The maximum Gasteiger partial charge on any atom is 0.435 e. The summed E-state index contributed by atoms with van der Waals surface area (Å²) in [6, 6.07) is 6.08. The predicted molar refractivity (Wildman–Crippen MR) is 88.3 cm³/mol. The van der Waals surface area contributed by atoms with Crippen molar-refractivity contribution in [2.75, 3.05) is 43.4 Å². The second-order valence-corrected chi connectivity index (χ2v) is 5.97. The molecule has 0 atom stereocenters. The third kappa shape index (κ3) is 4.56. The minimum absolute atomic E-state index is 0.288. The number of pyridine rings is 1. The second-order valence-electron chi connectivity index (χ2n) is 5.97. The summed E-state index contributed by atoms with van der Waals surface area (Å²) in [4.78, 5) is 8.98. The maximum absolute atomic E-state index is 12.4. The molecular formula is C16H19F3N6. The number of anilines is 2. The predicted octanol–water partition coefficient (Wildman–Crippen LogP) is 2.25. The zero-order valence-corrected chi connectivity index (χ0v) is 13.8. The summed E-state index contributed by atoms with van der Waals surface area (Å²) in [6.07, 6.45) is -2.72. The second kappa shape index (κ2) is 7.22. The van der Waals surface area contributed by atoms with Gasteiger partial charge in [0.1, 0.15) is 11.6 Å². The van der Waals surface area contributed by atoms with E-state index in [1.165, 1.54) is 6.07 Å². The quantitative estimate of drug-likeness (QED) is 0.911. The van der Waals surface area contributed by atoms with Crippen LogP contribution in [0.3, 0.4) is 0 Å². The lowest BCUT2D eigenvalue weighted by atomic mass is 10.2. The highest BCUT2D eigenvalue weighted by Crippen LogP contribution is 2.27. The smallest absolute Gasteiger partial charge is 0.364 e. The molecule has 0 aliphatic carbocycles. The van der Waals surface area contributed by atoms with E-state index in [-0.39, 0.29) is 5.82 Å². The van der Waals surface area contributed by atoms with E-state index in [0.717, 1.165) is 43.6 Å². The number of aromatic nitrogens is 3. The molecule has 0 amide bonds. The maximum atomic E-state index is 12.4. The normalized spacial score (nSPS) is 16.1. The van der Waals surface area contributed by atoms with Crippen LogP contribution in [-0.2, 0) is 12.7 Å². The molecule has 2 aromatic heterocycles. The molecular weight excluding hydrogens is 333 g/mol. The fraction of sp³-hybridized carbons (Fsp3) is 0.438. The van der Waals surface area contributed by atoms with Gasteiger partial charge in [-0.05, 0) is 30.8 Å². The van der Waals surface area contributed by atoms with Crippen molar-refractivity contribution in [3.63, 3.8) is 0 Å². The topological polar surface area (TPSA) is 57.2 Å². The number of rotatable bonds is 4. The monoisotopic (exact) mass is 352 g/mol. The molecule has 25 heavy (non-hydrogen) atoms. The third-order valence-electron chi connectivity index (χ3n) is 4.07. The highest BCUT2D eigenvalue weighted by atomic mass is 19.4. The van der Waals surface area contributed by atoms with Gasteiger partial charge in [0.05, 0.1) is 0 Å². The number of nitrogens with one attached hydrogen (secondary N) is 1. The number of hydrogen-bond donors (Lipinski definition) is 1. The van der Waals surface area contributed by atoms with Gasteiger partial charge in [-0.3, -0.25) is 0 Å². The van der Waals surface area contributed by atoms with E-state index in [1.54, 1.807) is 6.20 Å². The van der Waals surface area contributed by atoms with Crippen LogP contribution in [0, 0.1) is 0 Å². The Bertz CT molecular complexity index is 679. The van der Waals surface area contributed by atoms with Crippen LogP contribution in [0.25, 0.3) is 0 Å². The average molecular weight is 352 g/mol. The van der Waals surface area contributed by atoms with Crippen LogP contribution in [-0.4, -0.2) is 53.3 Å². The molecule has 0 spiro atoms. The Morgan fingerprint density at radius 1 is 1.04 bits per heavy atom. The van der Waals surface area contributed by atoms with Crippen LogP contribution < -0.4 is 10.2 Å². The highest BCUT2D eigenvalue weighted by molar-refractivity contribution is 5.41. The molecule has 1 fully saturated rings. The Balaban J connectivity index is 1.55. The summed E-state index contributed by atoms with van der Waals surface area (Å²) < 4.78 is 37.3. The zero-order chi connectivity index (χ0) is 17.9. The minimum Gasteiger partial charge on any atom is -0.364 e. The van der Waals surface area contributed by atoms with Gasteiger partial charge < -0.3 is 15.1 Å². The van der Waals surface area contributed by atoms with Crippen LogP contribution in [0.2, 0.25) is 0 Å². The number of halogens is 3. The standard InChI is InChI=1S/C16H19F3N6/c1-24-6-8-25(9-7-24)15-5-2-12(11-21-15)10-20-14-4-3-13(22-23-14)16(17,18)19/h2-5,11H,6-10H2,1H3,(H,20,23). The summed E-state index contributed by atoms with van der Waals surface area (Å²) in [5.41, 5.74) is -0.0872. The van der Waals surface area contributed by atoms with Gasteiger partial charge in [0.15, 0.2) is 5.69 Å². The van der Waals surface area contributed by atoms with Gasteiger partial charge in [-0.25, -0.2) is 4.98 Å². The summed E-state index contributed by atoms with van der Waals surface area (Å²) >= 11 is 0. The molecule has 1 aliphatic rings. The molecule has 3 heterocycles. The summed E-state index contributed by atoms with van der Waals surface area (Å²) in [7, 11) is 2.10. The highest BCUT2D eigenvalue weighted by Gasteiger charge is 2.32. The summed E-state index contributed by atoms with van der Waals surface area (Å²) in [6.45, 7) is 4.33. The largest absolute Gasteiger partial charge is 0.435 e. The lowest BCUT2D eigenvalue weighted by Gasteiger charge is -2.33. The first-order valence-electron chi connectivity index (χ1n) is 7.95. The van der Waals surface area contributed by atoms with Crippen molar-refractivity contribution in [2.24, 2.45) is 0 Å². The molecule has 0 saturated carbocycles. The van der Waals surface area contributed by atoms with Gasteiger partial charge in [0.25, 0.3) is 0 Å². The van der Waals surface area contributed by atoms with Gasteiger partial charge in [-0.15, -0.1) is 10.2 Å². The minimum atomic E-state index is -4.48. The number of alkyl halides is 3. The van der Waals surface area contributed by atoms with E-state index in [0.29, 0.717) is 6.54 Å². The van der Waals surface area contributed by atoms with E-state index >= 15 is 0 Å². The molecule has 2 aromatic rings. The van der Waals surface area contributed by atoms with E-state index in [4.69, 9.17) is 0 Å². The fourth-order valence-corrected chi connectivity index (χ4v) is 2.51. The van der Waals surface area contributed by atoms with Crippen molar-refractivity contribution in [1.29, 1.82) is 0 Å². The van der Waals surface area contributed by atoms with E-state index in [1.807, 2.05) is 12.1 Å². The van der Waals surface area contributed by atoms with Crippen molar-refractivity contribution < 1.29 is 13.2 Å². The molecule has 1 aliphatic heterocycles. The van der Waals surface area contributed by atoms with Gasteiger partial charge >= 0.3 is 6.18 Å². The van der Waals surface area contributed by atoms with Crippen molar-refractivity contribution in [3.05, 3.63) is 41.7 Å². The van der Waals surface area contributed by atoms with Crippen molar-refractivity contribution >= 4 is 11.6 Å². The van der Waals surface area contributed by atoms with Gasteiger partial charge in [0, 0.05) is 38.9 Å². The Hall–Kier alpha value is -2.42. The zero-order valence-electron chi connectivity index (χ0n) is 13.8. The van der Waals surface area contributed by atoms with Crippen LogP contribution in [0.1, 0.15) is 11.3 Å². The van der Waals surface area contributed by atoms with Gasteiger partial charge in [0.2, 0.25) is 0 Å². The Labute approximate surface area is 143 Å². The molecule has 134 valence electrons. The SMILES string of the molecule is CN1CCN(c2ccc(CNc3ccc(C(F)(F)F)nn3)cn2)CC1. The number of nitrogens with zero attached hydrogens (tertiary/aromatic N) is 5. The molecule has 1 saturated heterocycles. The number of likely N-dealkylation sites (N-methyl/N-ethyl adjacent to an activating group) is 1. The first-order chi connectivity index (χ1) is 11.9. The summed E-state index contributed by atoms with van der Waals surface area (Å²) in [5, 5.41) is 9.67. The fourth-order valence-electron chi connectivity index (χ4n) is 2.51. The molecule has 0 radical (unpaired) electrons. The Kier molecular flexibility index (Phi) is 5.03. The Morgan fingerprint density at radius 3 is 2.36 bits per heavy atom. The molecule has 1 N–H and O–H groups in total. The average Bonchev–Trinajstić information content (AvgIpc) is 2.61. The van der Waals surface area contributed by atoms with E-state index in [9.17, 15) is 13.2 Å². The third-order valence-corrected chi connectivity index (χ3v) is 4.07. The molecule has 0 aromatic carbocycles. The van der Waals surface area contributed by atoms with Crippen LogP contribution >= 0.6 is 0 Å². The van der Waals surface area contributed by atoms with Crippen molar-refractivity contribution in [1.82, 2.24) is 20.1 Å². The van der Waals surface area contributed by atoms with Crippen LogP contribution in [0.5, 0.6) is 0 Å². The van der Waals surface area contributed by atoms with E-state index < -0.39 is 11.9 Å². The molecule has 0 unspecified atom stereocenters. The van der Waals surface area contributed by atoms with Crippen LogP contribution in [0.4, 0.5) is 24.8 Å². The van der Waals surface area contributed by atoms with Crippen molar-refractivity contribution in [2.45, 2.75) is 12.7 Å². The molecule has 0 bridgehead atoms. The molecule has 9 heteroatoms. The van der Waals surface area contributed by atoms with Gasteiger partial charge in [-0.2, -0.15) is 13.2 Å². The molecule has 6 nitrogen and oxygen atoms in total. The lowest BCUT2D eigenvalue weighted by Crippen LogP contribution is -2.44. The number of piperazine rings is 1. The first-order valence-corrected chi connectivity index (χ1v) is 7.95. The van der Waals surface area contributed by atoms with Crippen molar-refractivity contribution in [3.8, 4) is 0 Å². The summed E-state index contributed by atoms with van der Waals surface area (Å²) in [5.74, 6) is 1.22.